The lowest BCUT2D eigenvalue weighted by molar-refractivity contribution is 0.102. The van der Waals surface area contributed by atoms with Gasteiger partial charge in [0.05, 0.1) is 5.69 Å². The summed E-state index contributed by atoms with van der Waals surface area (Å²) in [5, 5.41) is 14.8. The smallest absolute Gasteiger partial charge is 0.256 e. The minimum atomic E-state index is -0.317. The largest absolute Gasteiger partial charge is 0.399 e. The SMILES string of the molecule is Nc1cccc(C(=O)Nc2cc(-c3ccncc3)nc(NCCCO)n2)c1. The van der Waals surface area contributed by atoms with Crippen molar-refractivity contribution in [3.63, 3.8) is 0 Å². The van der Waals surface area contributed by atoms with Crippen LogP contribution >= 0.6 is 0 Å². The Morgan fingerprint density at radius 3 is 2.67 bits per heavy atom. The van der Waals surface area contributed by atoms with Crippen LogP contribution in [0.2, 0.25) is 0 Å². The van der Waals surface area contributed by atoms with Crippen molar-refractivity contribution in [2.75, 3.05) is 29.5 Å². The van der Waals surface area contributed by atoms with Crippen molar-refractivity contribution >= 4 is 23.4 Å². The monoisotopic (exact) mass is 364 g/mol. The molecule has 0 aliphatic heterocycles. The maximum Gasteiger partial charge on any atom is 0.256 e. The van der Waals surface area contributed by atoms with Crippen molar-refractivity contribution in [2.24, 2.45) is 0 Å². The molecule has 0 radical (unpaired) electrons. The maximum atomic E-state index is 12.5. The van der Waals surface area contributed by atoms with Crippen LogP contribution in [-0.4, -0.2) is 39.1 Å². The van der Waals surface area contributed by atoms with Crippen molar-refractivity contribution in [3.8, 4) is 11.3 Å². The van der Waals surface area contributed by atoms with Crippen LogP contribution in [0.3, 0.4) is 0 Å². The van der Waals surface area contributed by atoms with Crippen molar-refractivity contribution in [3.05, 3.63) is 60.4 Å². The molecule has 8 heteroatoms. The number of aliphatic hydroxyl groups excluding tert-OH is 1. The van der Waals surface area contributed by atoms with Crippen LogP contribution in [-0.2, 0) is 0 Å². The molecule has 0 fully saturated rings. The second-order valence-corrected chi connectivity index (χ2v) is 5.78. The molecule has 3 rings (SSSR count). The van der Waals surface area contributed by atoms with E-state index in [1.54, 1.807) is 42.7 Å². The van der Waals surface area contributed by atoms with Crippen LogP contribution in [0.25, 0.3) is 11.3 Å². The molecule has 138 valence electrons. The average molecular weight is 364 g/mol. The molecule has 0 aliphatic carbocycles. The van der Waals surface area contributed by atoms with E-state index >= 15 is 0 Å². The lowest BCUT2D eigenvalue weighted by atomic mass is 10.2. The summed E-state index contributed by atoms with van der Waals surface area (Å²) in [5.41, 5.74) is 8.17. The number of aromatic nitrogens is 3. The highest BCUT2D eigenvalue weighted by molar-refractivity contribution is 6.04. The molecule has 8 nitrogen and oxygen atoms in total. The Labute approximate surface area is 156 Å². The summed E-state index contributed by atoms with van der Waals surface area (Å²) in [6.07, 6.45) is 3.90. The highest BCUT2D eigenvalue weighted by atomic mass is 16.3. The fraction of sp³-hybridized carbons (Fsp3) is 0.158. The molecule has 3 aromatic rings. The van der Waals surface area contributed by atoms with Crippen molar-refractivity contribution in [1.29, 1.82) is 0 Å². The summed E-state index contributed by atoms with van der Waals surface area (Å²) in [6, 6.07) is 12.0. The van der Waals surface area contributed by atoms with Crippen LogP contribution in [0, 0.1) is 0 Å². The summed E-state index contributed by atoms with van der Waals surface area (Å²) in [7, 11) is 0. The second-order valence-electron chi connectivity index (χ2n) is 5.78. The molecule has 1 amide bonds. The number of amides is 1. The van der Waals surface area contributed by atoms with Gasteiger partial charge in [-0.1, -0.05) is 6.07 Å². The lowest BCUT2D eigenvalue weighted by Crippen LogP contribution is -2.15. The topological polar surface area (TPSA) is 126 Å². The maximum absolute atomic E-state index is 12.5. The van der Waals surface area contributed by atoms with E-state index in [2.05, 4.69) is 25.6 Å². The first-order valence-electron chi connectivity index (χ1n) is 8.47. The van der Waals surface area contributed by atoms with E-state index in [0.29, 0.717) is 41.7 Å². The fourth-order valence-electron chi connectivity index (χ4n) is 2.41. The molecule has 0 bridgehead atoms. The second kappa shape index (κ2) is 8.72. The fourth-order valence-corrected chi connectivity index (χ4v) is 2.41. The van der Waals surface area contributed by atoms with E-state index in [0.717, 1.165) is 5.56 Å². The van der Waals surface area contributed by atoms with Crippen LogP contribution in [0.4, 0.5) is 17.5 Å². The highest BCUT2D eigenvalue weighted by Gasteiger charge is 2.11. The Bertz CT molecular complexity index is 917. The first-order valence-corrected chi connectivity index (χ1v) is 8.47. The van der Waals surface area contributed by atoms with Gasteiger partial charge in [-0.3, -0.25) is 9.78 Å². The van der Waals surface area contributed by atoms with Gasteiger partial charge in [0, 0.05) is 48.4 Å². The minimum Gasteiger partial charge on any atom is -0.399 e. The molecule has 5 N–H and O–H groups in total. The molecule has 0 saturated heterocycles. The number of rotatable bonds is 7. The molecule has 0 spiro atoms. The number of aliphatic hydroxyl groups is 1. The third-order valence-corrected chi connectivity index (χ3v) is 3.71. The Balaban J connectivity index is 1.88. The van der Waals surface area contributed by atoms with Crippen LogP contribution in [0.1, 0.15) is 16.8 Å². The lowest BCUT2D eigenvalue weighted by Gasteiger charge is -2.11. The van der Waals surface area contributed by atoms with E-state index in [1.807, 2.05) is 12.1 Å². The van der Waals surface area contributed by atoms with E-state index < -0.39 is 0 Å². The Morgan fingerprint density at radius 1 is 1.11 bits per heavy atom. The van der Waals surface area contributed by atoms with Gasteiger partial charge in [-0.15, -0.1) is 0 Å². The molecule has 1 aromatic carbocycles. The van der Waals surface area contributed by atoms with Crippen LogP contribution in [0.5, 0.6) is 0 Å². The van der Waals surface area contributed by atoms with Gasteiger partial charge in [0.15, 0.2) is 0 Å². The quantitative estimate of drug-likeness (QED) is 0.374. The standard InChI is InChI=1S/C19H20N6O2/c20-15-4-1-3-14(11-15)18(27)24-17-12-16(13-5-8-21-9-6-13)23-19(25-17)22-7-2-10-26/h1,3-6,8-9,11-12,26H,2,7,10,20H2,(H2,22,23,24,25,27). The predicted molar refractivity (Wildman–Crippen MR) is 104 cm³/mol. The third kappa shape index (κ3) is 4.99. The van der Waals surface area contributed by atoms with Crippen LogP contribution in [0.15, 0.2) is 54.9 Å². The molecule has 0 aliphatic rings. The summed E-state index contributed by atoms with van der Waals surface area (Å²) >= 11 is 0. The molecule has 0 saturated carbocycles. The summed E-state index contributed by atoms with van der Waals surface area (Å²) < 4.78 is 0. The number of carbonyl (C=O) groups is 1. The number of pyridine rings is 1. The number of benzene rings is 1. The summed E-state index contributed by atoms with van der Waals surface area (Å²) in [5.74, 6) is 0.402. The van der Waals surface area contributed by atoms with Crippen LogP contribution < -0.4 is 16.4 Å². The zero-order valence-electron chi connectivity index (χ0n) is 14.6. The highest BCUT2D eigenvalue weighted by Crippen LogP contribution is 2.21. The van der Waals surface area contributed by atoms with E-state index in [-0.39, 0.29) is 12.5 Å². The number of nitrogens with one attached hydrogen (secondary N) is 2. The summed E-state index contributed by atoms with van der Waals surface area (Å²) in [6.45, 7) is 0.578. The van der Waals surface area contributed by atoms with Gasteiger partial charge in [0.1, 0.15) is 5.82 Å². The van der Waals surface area contributed by atoms with Gasteiger partial charge in [0.2, 0.25) is 5.95 Å². The number of carbonyl (C=O) groups excluding carboxylic acids is 1. The number of nitrogens with two attached hydrogens (primary N) is 1. The van der Waals surface area contributed by atoms with Gasteiger partial charge in [-0.05, 0) is 36.8 Å². The first kappa shape index (κ1) is 18.3. The number of hydrogen-bond acceptors (Lipinski definition) is 7. The minimum absolute atomic E-state index is 0.0655. The Morgan fingerprint density at radius 2 is 1.93 bits per heavy atom. The molecule has 0 unspecified atom stereocenters. The summed E-state index contributed by atoms with van der Waals surface area (Å²) in [4.78, 5) is 25.3. The molecule has 2 heterocycles. The van der Waals surface area contributed by atoms with E-state index in [1.165, 1.54) is 0 Å². The van der Waals surface area contributed by atoms with Gasteiger partial charge in [-0.25, -0.2) is 4.98 Å². The van der Waals surface area contributed by atoms with Crippen molar-refractivity contribution in [2.45, 2.75) is 6.42 Å². The van der Waals surface area contributed by atoms with Gasteiger partial charge in [0.25, 0.3) is 5.91 Å². The molecular formula is C19H20N6O2. The molecule has 0 atom stereocenters. The molecule has 2 aromatic heterocycles. The Kier molecular flexibility index (Phi) is 5.91. The number of nitrogens with zero attached hydrogens (tertiary/aromatic N) is 3. The van der Waals surface area contributed by atoms with Crippen molar-refractivity contribution < 1.29 is 9.90 Å². The number of hydrogen-bond donors (Lipinski definition) is 4. The van der Waals surface area contributed by atoms with Gasteiger partial charge < -0.3 is 21.5 Å². The molecule has 27 heavy (non-hydrogen) atoms. The zero-order chi connectivity index (χ0) is 19.1. The predicted octanol–water partition coefficient (Wildman–Crippen LogP) is 2.17. The molecular weight excluding hydrogens is 344 g/mol. The normalized spacial score (nSPS) is 10.4. The average Bonchev–Trinajstić information content (AvgIpc) is 2.69. The van der Waals surface area contributed by atoms with E-state index in [9.17, 15) is 4.79 Å². The first-order chi connectivity index (χ1) is 13.2. The van der Waals surface area contributed by atoms with E-state index in [4.69, 9.17) is 10.8 Å². The third-order valence-electron chi connectivity index (χ3n) is 3.71. The Hall–Kier alpha value is -3.52. The zero-order valence-corrected chi connectivity index (χ0v) is 14.6. The van der Waals surface area contributed by atoms with Gasteiger partial charge in [-0.2, -0.15) is 4.98 Å². The van der Waals surface area contributed by atoms with Crippen molar-refractivity contribution in [1.82, 2.24) is 15.0 Å². The van der Waals surface area contributed by atoms with Gasteiger partial charge >= 0.3 is 0 Å². The number of nitrogen functional groups attached to an aromatic ring is 1. The number of anilines is 3.